The summed E-state index contributed by atoms with van der Waals surface area (Å²) in [7, 11) is 0. The Morgan fingerprint density at radius 2 is 2.11 bits per heavy atom. The highest BCUT2D eigenvalue weighted by molar-refractivity contribution is 6.31. The number of aromatic nitrogens is 1. The number of pyridine rings is 1. The molecule has 0 saturated carbocycles. The quantitative estimate of drug-likeness (QED) is 0.901. The van der Waals surface area contributed by atoms with Gasteiger partial charge in [0.15, 0.2) is 5.43 Å². The van der Waals surface area contributed by atoms with E-state index in [1.165, 1.54) is 0 Å². The largest absolute Gasteiger partial charge is 0.358 e. The molecule has 0 amide bonds. The van der Waals surface area contributed by atoms with Crippen molar-refractivity contribution in [2.24, 2.45) is 0 Å². The number of hydrogen-bond donors (Lipinski definition) is 1. The maximum absolute atomic E-state index is 12.4. The van der Waals surface area contributed by atoms with E-state index >= 15 is 0 Å². The zero-order valence-electron chi connectivity index (χ0n) is 10.3. The predicted octanol–water partition coefficient (Wildman–Crippen LogP) is 3.25. The minimum atomic E-state index is -0.0258. The lowest BCUT2D eigenvalue weighted by atomic mass is 10.0. The van der Waals surface area contributed by atoms with Crippen molar-refractivity contribution in [3.63, 3.8) is 0 Å². The molecule has 1 heterocycles. The highest BCUT2D eigenvalue weighted by Crippen LogP contribution is 2.21. The van der Waals surface area contributed by atoms with Crippen molar-refractivity contribution in [1.82, 2.24) is 4.98 Å². The third-order valence-corrected chi connectivity index (χ3v) is 3.29. The van der Waals surface area contributed by atoms with Crippen LogP contribution in [0.4, 0.5) is 0 Å². The summed E-state index contributed by atoms with van der Waals surface area (Å²) in [5.41, 5.74) is 3.24. The maximum atomic E-state index is 12.4. The van der Waals surface area contributed by atoms with E-state index in [9.17, 15) is 4.79 Å². The van der Waals surface area contributed by atoms with Gasteiger partial charge in [-0.3, -0.25) is 4.79 Å². The van der Waals surface area contributed by atoms with Gasteiger partial charge in [-0.2, -0.15) is 5.26 Å². The number of halogens is 1. The second-order valence-electron chi connectivity index (χ2n) is 4.36. The third-order valence-electron chi connectivity index (χ3n) is 3.07. The SMILES string of the molecule is Cc1[nH]c2c(C)cc(Cl)cc2c(=O)c1CCC#N. The van der Waals surface area contributed by atoms with Gasteiger partial charge in [0.1, 0.15) is 0 Å². The van der Waals surface area contributed by atoms with Crippen LogP contribution in [0.3, 0.4) is 0 Å². The molecule has 0 aliphatic heterocycles. The highest BCUT2D eigenvalue weighted by Gasteiger charge is 2.11. The molecule has 0 aliphatic carbocycles. The van der Waals surface area contributed by atoms with E-state index in [2.05, 4.69) is 11.1 Å². The van der Waals surface area contributed by atoms with Crippen molar-refractivity contribution >= 4 is 22.5 Å². The summed E-state index contributed by atoms with van der Waals surface area (Å²) in [4.78, 5) is 15.6. The lowest BCUT2D eigenvalue weighted by molar-refractivity contribution is 0.967. The van der Waals surface area contributed by atoms with Crippen LogP contribution in [-0.4, -0.2) is 4.98 Å². The summed E-state index contributed by atoms with van der Waals surface area (Å²) in [6.07, 6.45) is 0.814. The normalized spacial score (nSPS) is 10.6. The van der Waals surface area contributed by atoms with E-state index in [1.54, 1.807) is 6.07 Å². The molecule has 0 unspecified atom stereocenters. The molecule has 0 bridgehead atoms. The molecule has 1 aromatic carbocycles. The monoisotopic (exact) mass is 260 g/mol. The molecule has 0 radical (unpaired) electrons. The third kappa shape index (κ3) is 2.12. The number of nitriles is 1. The molecule has 1 N–H and O–H groups in total. The zero-order chi connectivity index (χ0) is 13.3. The first-order chi connectivity index (χ1) is 8.54. The van der Waals surface area contributed by atoms with E-state index in [1.807, 2.05) is 19.9 Å². The Kier molecular flexibility index (Phi) is 3.40. The average Bonchev–Trinajstić information content (AvgIpc) is 2.31. The number of fused-ring (bicyclic) bond motifs is 1. The standard InChI is InChI=1S/C14H13ClN2O/c1-8-6-10(15)7-12-13(8)17-9(2)11(14(12)18)4-3-5-16/h6-7H,3-4H2,1-2H3,(H,17,18). The van der Waals surface area contributed by atoms with Crippen molar-refractivity contribution in [2.75, 3.05) is 0 Å². The van der Waals surface area contributed by atoms with Crippen LogP contribution in [0.25, 0.3) is 10.9 Å². The number of H-pyrrole nitrogens is 1. The van der Waals surface area contributed by atoms with Crippen LogP contribution in [0, 0.1) is 25.2 Å². The summed E-state index contributed by atoms with van der Waals surface area (Å²) in [6.45, 7) is 3.78. The van der Waals surface area contributed by atoms with E-state index in [0.29, 0.717) is 28.8 Å². The van der Waals surface area contributed by atoms with Gasteiger partial charge >= 0.3 is 0 Å². The number of aromatic amines is 1. The molecule has 2 rings (SSSR count). The topological polar surface area (TPSA) is 56.6 Å². The molecule has 0 atom stereocenters. The van der Waals surface area contributed by atoms with Crippen molar-refractivity contribution in [3.05, 3.63) is 44.2 Å². The number of aryl methyl sites for hydroxylation is 2. The lowest BCUT2D eigenvalue weighted by Crippen LogP contribution is -2.13. The fourth-order valence-electron chi connectivity index (χ4n) is 2.17. The molecule has 18 heavy (non-hydrogen) atoms. The van der Waals surface area contributed by atoms with Gasteiger partial charge in [0, 0.05) is 28.1 Å². The van der Waals surface area contributed by atoms with Crippen molar-refractivity contribution in [2.45, 2.75) is 26.7 Å². The van der Waals surface area contributed by atoms with Gasteiger partial charge < -0.3 is 4.98 Å². The second kappa shape index (κ2) is 4.83. The molecule has 4 heteroatoms. The van der Waals surface area contributed by atoms with E-state index in [-0.39, 0.29) is 5.43 Å². The number of hydrogen-bond acceptors (Lipinski definition) is 2. The Hall–Kier alpha value is -1.79. The van der Waals surface area contributed by atoms with Crippen molar-refractivity contribution in [1.29, 1.82) is 5.26 Å². The maximum Gasteiger partial charge on any atom is 0.192 e. The van der Waals surface area contributed by atoms with Crippen LogP contribution >= 0.6 is 11.6 Å². The Bertz CT molecular complexity index is 710. The summed E-state index contributed by atoms with van der Waals surface area (Å²) in [5.74, 6) is 0. The second-order valence-corrected chi connectivity index (χ2v) is 4.80. The van der Waals surface area contributed by atoms with E-state index in [0.717, 1.165) is 16.8 Å². The Balaban J connectivity index is 2.77. The summed E-state index contributed by atoms with van der Waals surface area (Å²) >= 11 is 5.99. The Morgan fingerprint density at radius 1 is 1.39 bits per heavy atom. The average molecular weight is 261 g/mol. The van der Waals surface area contributed by atoms with Crippen LogP contribution < -0.4 is 5.43 Å². The molecular formula is C14H13ClN2O. The smallest absolute Gasteiger partial charge is 0.192 e. The number of benzene rings is 1. The Morgan fingerprint density at radius 3 is 2.78 bits per heavy atom. The van der Waals surface area contributed by atoms with Gasteiger partial charge in [-0.05, 0) is 38.0 Å². The lowest BCUT2D eigenvalue weighted by Gasteiger charge is -2.09. The van der Waals surface area contributed by atoms with Crippen molar-refractivity contribution in [3.8, 4) is 6.07 Å². The number of rotatable bonds is 2. The summed E-state index contributed by atoms with van der Waals surface area (Å²) in [6, 6.07) is 5.57. The van der Waals surface area contributed by atoms with Gasteiger partial charge in [0.05, 0.1) is 11.6 Å². The van der Waals surface area contributed by atoms with Gasteiger partial charge in [-0.15, -0.1) is 0 Å². The minimum absolute atomic E-state index is 0.0258. The first kappa shape index (κ1) is 12.7. The van der Waals surface area contributed by atoms with Crippen molar-refractivity contribution < 1.29 is 0 Å². The predicted molar refractivity (Wildman–Crippen MR) is 73.0 cm³/mol. The first-order valence-electron chi connectivity index (χ1n) is 5.73. The number of nitrogens with one attached hydrogen (secondary N) is 1. The summed E-state index contributed by atoms with van der Waals surface area (Å²) < 4.78 is 0. The fourth-order valence-corrected chi connectivity index (χ4v) is 2.44. The van der Waals surface area contributed by atoms with E-state index < -0.39 is 0 Å². The minimum Gasteiger partial charge on any atom is -0.358 e. The molecule has 2 aromatic rings. The molecule has 3 nitrogen and oxygen atoms in total. The molecule has 0 aliphatic rings. The van der Waals surface area contributed by atoms with Crippen LogP contribution in [-0.2, 0) is 6.42 Å². The highest BCUT2D eigenvalue weighted by atomic mass is 35.5. The first-order valence-corrected chi connectivity index (χ1v) is 6.11. The van der Waals surface area contributed by atoms with Crippen LogP contribution in [0.2, 0.25) is 5.02 Å². The fraction of sp³-hybridized carbons (Fsp3) is 0.286. The molecule has 0 fully saturated rings. The van der Waals surface area contributed by atoms with Crippen LogP contribution in [0.15, 0.2) is 16.9 Å². The van der Waals surface area contributed by atoms with Gasteiger partial charge in [0.25, 0.3) is 0 Å². The van der Waals surface area contributed by atoms with Crippen LogP contribution in [0.1, 0.15) is 23.2 Å². The molecule has 1 aromatic heterocycles. The zero-order valence-corrected chi connectivity index (χ0v) is 11.1. The van der Waals surface area contributed by atoms with Gasteiger partial charge in [-0.1, -0.05) is 11.6 Å². The summed E-state index contributed by atoms with van der Waals surface area (Å²) in [5, 5.41) is 9.78. The molecule has 92 valence electrons. The van der Waals surface area contributed by atoms with Gasteiger partial charge in [0.2, 0.25) is 0 Å². The van der Waals surface area contributed by atoms with Crippen LogP contribution in [0.5, 0.6) is 0 Å². The molecule has 0 saturated heterocycles. The van der Waals surface area contributed by atoms with E-state index in [4.69, 9.17) is 16.9 Å². The van der Waals surface area contributed by atoms with Gasteiger partial charge in [-0.25, -0.2) is 0 Å². The Labute approximate surface area is 110 Å². The number of nitrogens with zero attached hydrogens (tertiary/aromatic N) is 1. The molecule has 0 spiro atoms. The molecular weight excluding hydrogens is 248 g/mol.